The third-order valence-corrected chi connectivity index (χ3v) is 5.05. The summed E-state index contributed by atoms with van der Waals surface area (Å²) in [4.78, 5) is 14.4. The summed E-state index contributed by atoms with van der Waals surface area (Å²) in [5, 5.41) is 14.3. The highest BCUT2D eigenvalue weighted by molar-refractivity contribution is 5.92. The van der Waals surface area contributed by atoms with Crippen molar-refractivity contribution in [1.29, 1.82) is 0 Å². The molecule has 1 amide bonds. The van der Waals surface area contributed by atoms with Crippen LogP contribution in [0.5, 0.6) is 5.75 Å². The first kappa shape index (κ1) is 20.0. The van der Waals surface area contributed by atoms with Crippen LogP contribution in [-0.4, -0.2) is 46.4 Å². The first-order valence-corrected chi connectivity index (χ1v) is 9.62. The summed E-state index contributed by atoms with van der Waals surface area (Å²) in [6.45, 7) is 0.581. The maximum atomic E-state index is 13.9. The average molecular weight is 414 g/mol. The summed E-state index contributed by atoms with van der Waals surface area (Å²) in [6.07, 6.45) is -0.890. The first-order valence-electron chi connectivity index (χ1n) is 9.62. The van der Waals surface area contributed by atoms with E-state index in [9.17, 15) is 18.7 Å². The SMILES string of the molecule is O=C(c1cc(-c2cccc(F)c2)no1)N1CC[C@H](Oc2ccccc2F)[C@@H](O)CC1. The molecule has 1 aromatic heterocycles. The average Bonchev–Trinajstić information content (AvgIpc) is 3.16. The number of para-hydroxylation sites is 1. The lowest BCUT2D eigenvalue weighted by atomic mass is 10.1. The van der Waals surface area contributed by atoms with Gasteiger partial charge in [-0.25, -0.2) is 8.78 Å². The maximum Gasteiger partial charge on any atom is 0.292 e. The lowest BCUT2D eigenvalue weighted by Gasteiger charge is -2.21. The van der Waals surface area contributed by atoms with Crippen LogP contribution in [0.15, 0.2) is 59.1 Å². The molecule has 0 aliphatic carbocycles. The Balaban J connectivity index is 1.44. The molecule has 30 heavy (non-hydrogen) atoms. The van der Waals surface area contributed by atoms with Gasteiger partial charge in [0.25, 0.3) is 5.91 Å². The fourth-order valence-corrected chi connectivity index (χ4v) is 3.42. The van der Waals surface area contributed by atoms with Gasteiger partial charge in [0, 0.05) is 31.1 Å². The molecule has 8 heteroatoms. The van der Waals surface area contributed by atoms with Crippen molar-refractivity contribution >= 4 is 5.91 Å². The van der Waals surface area contributed by atoms with Crippen LogP contribution in [0.4, 0.5) is 8.78 Å². The number of rotatable bonds is 4. The van der Waals surface area contributed by atoms with Gasteiger partial charge in [-0.05, 0) is 30.7 Å². The van der Waals surface area contributed by atoms with E-state index in [-0.39, 0.29) is 30.4 Å². The second-order valence-corrected chi connectivity index (χ2v) is 7.11. The minimum Gasteiger partial charge on any atom is -0.485 e. The molecule has 0 unspecified atom stereocenters. The molecule has 0 saturated carbocycles. The van der Waals surface area contributed by atoms with Gasteiger partial charge in [-0.2, -0.15) is 0 Å². The highest BCUT2D eigenvalue weighted by Gasteiger charge is 2.30. The molecule has 0 spiro atoms. The number of hydrogen-bond acceptors (Lipinski definition) is 5. The van der Waals surface area contributed by atoms with Crippen LogP contribution < -0.4 is 4.74 Å². The smallest absolute Gasteiger partial charge is 0.292 e. The number of likely N-dealkylation sites (tertiary alicyclic amines) is 1. The Morgan fingerprint density at radius 3 is 2.70 bits per heavy atom. The van der Waals surface area contributed by atoms with Crippen molar-refractivity contribution in [2.75, 3.05) is 13.1 Å². The predicted molar refractivity (Wildman–Crippen MR) is 104 cm³/mol. The number of carbonyl (C=O) groups is 1. The monoisotopic (exact) mass is 414 g/mol. The standard InChI is InChI=1S/C22H20F2N2O4/c23-15-5-3-4-14(12-15)17-13-21(30-25-17)22(28)26-10-8-18(27)20(9-11-26)29-19-7-2-1-6-16(19)24/h1-7,12-13,18,20,27H,8-11H2/t18-,20-/m0/s1. The molecule has 0 bridgehead atoms. The molecule has 1 aliphatic rings. The van der Waals surface area contributed by atoms with Gasteiger partial charge in [0.1, 0.15) is 17.6 Å². The van der Waals surface area contributed by atoms with Crippen LogP contribution in [0, 0.1) is 11.6 Å². The van der Waals surface area contributed by atoms with E-state index in [0.717, 1.165) is 0 Å². The fourth-order valence-electron chi connectivity index (χ4n) is 3.42. The summed E-state index contributed by atoms with van der Waals surface area (Å²) >= 11 is 0. The van der Waals surface area contributed by atoms with Crippen molar-refractivity contribution in [3.63, 3.8) is 0 Å². The van der Waals surface area contributed by atoms with Crippen molar-refractivity contribution in [1.82, 2.24) is 10.1 Å². The van der Waals surface area contributed by atoms with E-state index in [1.54, 1.807) is 24.3 Å². The topological polar surface area (TPSA) is 75.8 Å². The third kappa shape index (κ3) is 4.33. The molecule has 1 aliphatic heterocycles. The Morgan fingerprint density at radius 1 is 1.10 bits per heavy atom. The number of nitrogens with zero attached hydrogens (tertiary/aromatic N) is 2. The minimum absolute atomic E-state index is 0.0252. The highest BCUT2D eigenvalue weighted by atomic mass is 19.1. The quantitative estimate of drug-likeness (QED) is 0.705. The third-order valence-electron chi connectivity index (χ3n) is 5.05. The first-order chi connectivity index (χ1) is 14.5. The van der Waals surface area contributed by atoms with E-state index < -0.39 is 23.8 Å². The zero-order chi connectivity index (χ0) is 21.1. The number of aliphatic hydroxyl groups excluding tert-OH is 1. The lowest BCUT2D eigenvalue weighted by Crippen LogP contribution is -2.32. The highest BCUT2D eigenvalue weighted by Crippen LogP contribution is 2.24. The van der Waals surface area contributed by atoms with Crippen molar-refractivity contribution in [3.8, 4) is 17.0 Å². The summed E-state index contributed by atoms with van der Waals surface area (Å²) in [5.41, 5.74) is 0.857. The number of halogens is 2. The number of carbonyl (C=O) groups excluding carboxylic acids is 1. The van der Waals surface area contributed by atoms with Crippen molar-refractivity contribution in [2.24, 2.45) is 0 Å². The van der Waals surface area contributed by atoms with Gasteiger partial charge in [-0.15, -0.1) is 0 Å². The van der Waals surface area contributed by atoms with Gasteiger partial charge in [-0.1, -0.05) is 29.4 Å². The van der Waals surface area contributed by atoms with Crippen LogP contribution in [-0.2, 0) is 0 Å². The van der Waals surface area contributed by atoms with Crippen LogP contribution >= 0.6 is 0 Å². The Labute approximate surface area is 171 Å². The van der Waals surface area contributed by atoms with Crippen molar-refractivity contribution in [3.05, 3.63) is 72.0 Å². The molecule has 6 nitrogen and oxygen atoms in total. The Hall–Kier alpha value is -3.26. The molecule has 1 saturated heterocycles. The van der Waals surface area contributed by atoms with Gasteiger partial charge in [0.15, 0.2) is 11.6 Å². The van der Waals surface area contributed by atoms with E-state index in [2.05, 4.69) is 5.16 Å². The van der Waals surface area contributed by atoms with E-state index in [4.69, 9.17) is 9.26 Å². The van der Waals surface area contributed by atoms with Crippen LogP contribution in [0.3, 0.4) is 0 Å². The van der Waals surface area contributed by atoms with Gasteiger partial charge in [0.2, 0.25) is 5.76 Å². The van der Waals surface area contributed by atoms with Crippen LogP contribution in [0.2, 0.25) is 0 Å². The Morgan fingerprint density at radius 2 is 1.90 bits per heavy atom. The zero-order valence-corrected chi connectivity index (χ0v) is 16.0. The van der Waals surface area contributed by atoms with Crippen molar-refractivity contribution in [2.45, 2.75) is 25.0 Å². The number of hydrogen-bond donors (Lipinski definition) is 1. The largest absolute Gasteiger partial charge is 0.485 e. The van der Waals surface area contributed by atoms with E-state index in [1.165, 1.54) is 35.2 Å². The molecule has 1 N–H and O–H groups in total. The number of aliphatic hydroxyl groups is 1. The summed E-state index contributed by atoms with van der Waals surface area (Å²) in [5.74, 6) is -1.21. The van der Waals surface area contributed by atoms with Gasteiger partial charge >= 0.3 is 0 Å². The fraction of sp³-hybridized carbons (Fsp3) is 0.273. The summed E-state index contributed by atoms with van der Waals surface area (Å²) in [6, 6.07) is 13.3. The summed E-state index contributed by atoms with van der Waals surface area (Å²) < 4.78 is 38.1. The second kappa shape index (κ2) is 8.62. The molecular weight excluding hydrogens is 394 g/mol. The predicted octanol–water partition coefficient (Wildman–Crippen LogP) is 3.66. The number of benzene rings is 2. The van der Waals surface area contributed by atoms with Crippen LogP contribution in [0.1, 0.15) is 23.4 Å². The molecule has 2 aromatic carbocycles. The number of aromatic nitrogens is 1. The molecule has 4 rings (SSSR count). The van der Waals surface area contributed by atoms with Crippen LogP contribution in [0.25, 0.3) is 11.3 Å². The normalized spacial score (nSPS) is 19.4. The maximum absolute atomic E-state index is 13.9. The molecule has 0 radical (unpaired) electrons. The lowest BCUT2D eigenvalue weighted by molar-refractivity contribution is 0.0328. The van der Waals surface area contributed by atoms with Crippen molar-refractivity contribution < 1.29 is 27.9 Å². The van der Waals surface area contributed by atoms with Gasteiger partial charge < -0.3 is 19.3 Å². The number of amides is 1. The van der Waals surface area contributed by atoms with E-state index >= 15 is 0 Å². The van der Waals surface area contributed by atoms with Gasteiger partial charge in [0.05, 0.1) is 6.10 Å². The second-order valence-electron chi connectivity index (χ2n) is 7.11. The van der Waals surface area contributed by atoms with E-state index in [0.29, 0.717) is 24.2 Å². The zero-order valence-electron chi connectivity index (χ0n) is 16.0. The van der Waals surface area contributed by atoms with E-state index in [1.807, 2.05) is 0 Å². The number of ether oxygens (including phenoxy) is 1. The molecule has 156 valence electrons. The summed E-state index contributed by atoms with van der Waals surface area (Å²) in [7, 11) is 0. The molecule has 2 atom stereocenters. The Kier molecular flexibility index (Phi) is 5.76. The van der Waals surface area contributed by atoms with Gasteiger partial charge in [-0.3, -0.25) is 4.79 Å². The molecule has 2 heterocycles. The molecule has 1 fully saturated rings. The minimum atomic E-state index is -0.847. The molecule has 3 aromatic rings. The Bertz CT molecular complexity index is 1040. The molecular formula is C22H20F2N2O4.